The molecule has 0 aliphatic heterocycles. The molecular weight excluding hydrogens is 348 g/mol. The second kappa shape index (κ2) is 6.78. The lowest BCUT2D eigenvalue weighted by Gasteiger charge is -2.12. The van der Waals surface area contributed by atoms with Crippen molar-refractivity contribution in [1.82, 2.24) is 9.97 Å². The van der Waals surface area contributed by atoms with E-state index in [2.05, 4.69) is 15.3 Å². The molecule has 9 heteroatoms. The Hall–Kier alpha value is -3.13. The average Bonchev–Trinajstić information content (AvgIpc) is 2.62. The molecule has 128 valence electrons. The molecule has 0 radical (unpaired) electrons. The summed E-state index contributed by atoms with van der Waals surface area (Å²) in [4.78, 5) is 18.9. The number of nitrogens with one attached hydrogen (secondary N) is 1. The Labute approximate surface area is 147 Å². The number of nitro groups is 1. The van der Waals surface area contributed by atoms with Crippen LogP contribution in [0.4, 0.5) is 17.2 Å². The van der Waals surface area contributed by atoms with Gasteiger partial charge in [0.2, 0.25) is 0 Å². The van der Waals surface area contributed by atoms with Crippen molar-refractivity contribution in [2.75, 3.05) is 19.5 Å². The summed E-state index contributed by atoms with van der Waals surface area (Å²) < 4.78 is 10.6. The zero-order valence-corrected chi connectivity index (χ0v) is 14.1. The highest BCUT2D eigenvalue weighted by Crippen LogP contribution is 2.35. The number of nitrogens with zero attached hydrogens (tertiary/aromatic N) is 3. The molecule has 1 heterocycles. The lowest BCUT2D eigenvalue weighted by Crippen LogP contribution is -1.99. The largest absolute Gasteiger partial charge is 0.493 e. The van der Waals surface area contributed by atoms with E-state index in [1.165, 1.54) is 32.7 Å². The molecule has 0 saturated heterocycles. The number of benzene rings is 2. The summed E-state index contributed by atoms with van der Waals surface area (Å²) >= 11 is 5.84. The minimum atomic E-state index is -0.542. The fourth-order valence-electron chi connectivity index (χ4n) is 2.35. The topological polar surface area (TPSA) is 99.4 Å². The third-order valence-electron chi connectivity index (χ3n) is 3.55. The highest BCUT2D eigenvalue weighted by molar-refractivity contribution is 6.32. The predicted octanol–water partition coefficient (Wildman–Crippen LogP) is 3.95. The van der Waals surface area contributed by atoms with Gasteiger partial charge in [-0.2, -0.15) is 0 Å². The molecule has 0 unspecified atom stereocenters. The standard InChI is InChI=1S/C16H13ClN4O4/c1-24-14-6-10-12(7-15(14)25-2)18-8-19-16(10)20-9-3-4-11(17)13(5-9)21(22)23/h3-8H,1-2H3,(H,18,19,20). The summed E-state index contributed by atoms with van der Waals surface area (Å²) in [5, 5.41) is 14.8. The smallest absolute Gasteiger partial charge is 0.289 e. The first kappa shape index (κ1) is 16.7. The summed E-state index contributed by atoms with van der Waals surface area (Å²) in [6, 6.07) is 7.89. The number of methoxy groups -OCH3 is 2. The number of anilines is 2. The molecule has 1 aromatic heterocycles. The maximum absolute atomic E-state index is 11.0. The van der Waals surface area contributed by atoms with E-state index in [0.29, 0.717) is 33.9 Å². The quantitative estimate of drug-likeness (QED) is 0.543. The molecule has 0 amide bonds. The molecule has 1 N–H and O–H groups in total. The fourth-order valence-corrected chi connectivity index (χ4v) is 2.54. The zero-order chi connectivity index (χ0) is 18.0. The normalized spacial score (nSPS) is 10.5. The molecule has 3 rings (SSSR count). The van der Waals surface area contributed by atoms with Crippen molar-refractivity contribution in [1.29, 1.82) is 0 Å². The van der Waals surface area contributed by atoms with Crippen LogP contribution in [0.15, 0.2) is 36.7 Å². The molecule has 0 aliphatic rings. The van der Waals surface area contributed by atoms with Crippen LogP contribution in [-0.2, 0) is 0 Å². The third-order valence-corrected chi connectivity index (χ3v) is 3.87. The maximum atomic E-state index is 11.0. The monoisotopic (exact) mass is 360 g/mol. The van der Waals surface area contributed by atoms with Crippen LogP contribution in [0.3, 0.4) is 0 Å². The van der Waals surface area contributed by atoms with Crippen molar-refractivity contribution in [3.05, 3.63) is 51.8 Å². The second-order valence-electron chi connectivity index (χ2n) is 4.99. The van der Waals surface area contributed by atoms with Crippen molar-refractivity contribution < 1.29 is 14.4 Å². The van der Waals surface area contributed by atoms with Crippen molar-refractivity contribution in [2.45, 2.75) is 0 Å². The lowest BCUT2D eigenvalue weighted by molar-refractivity contribution is -0.384. The molecule has 3 aromatic rings. The van der Waals surface area contributed by atoms with Gasteiger partial charge in [0.05, 0.1) is 24.7 Å². The molecule has 0 fully saturated rings. The summed E-state index contributed by atoms with van der Waals surface area (Å²) in [5.41, 5.74) is 0.925. The molecule has 8 nitrogen and oxygen atoms in total. The summed E-state index contributed by atoms with van der Waals surface area (Å²) in [5.74, 6) is 1.54. The van der Waals surface area contributed by atoms with Crippen LogP contribution in [0.2, 0.25) is 5.02 Å². The van der Waals surface area contributed by atoms with E-state index in [4.69, 9.17) is 21.1 Å². The zero-order valence-electron chi connectivity index (χ0n) is 13.3. The maximum Gasteiger partial charge on any atom is 0.289 e. The van der Waals surface area contributed by atoms with Crippen LogP contribution in [0.25, 0.3) is 10.9 Å². The highest BCUT2D eigenvalue weighted by atomic mass is 35.5. The molecule has 0 bridgehead atoms. The van der Waals surface area contributed by atoms with Gasteiger partial charge in [-0.05, 0) is 18.2 Å². The number of aromatic nitrogens is 2. The number of rotatable bonds is 5. The number of hydrogen-bond donors (Lipinski definition) is 1. The van der Waals surface area contributed by atoms with Gasteiger partial charge < -0.3 is 14.8 Å². The van der Waals surface area contributed by atoms with E-state index in [0.717, 1.165) is 0 Å². The summed E-state index contributed by atoms with van der Waals surface area (Å²) in [6.07, 6.45) is 1.39. The second-order valence-corrected chi connectivity index (χ2v) is 5.40. The average molecular weight is 361 g/mol. The van der Waals surface area contributed by atoms with E-state index in [1.807, 2.05) is 0 Å². The molecule has 0 saturated carbocycles. The van der Waals surface area contributed by atoms with E-state index in [9.17, 15) is 10.1 Å². The molecule has 0 aliphatic carbocycles. The Balaban J connectivity index is 2.07. The van der Waals surface area contributed by atoms with Crippen molar-refractivity contribution in [3.8, 4) is 11.5 Å². The third kappa shape index (κ3) is 3.24. The first-order chi connectivity index (χ1) is 12.0. The van der Waals surface area contributed by atoms with Crippen LogP contribution < -0.4 is 14.8 Å². The van der Waals surface area contributed by atoms with Gasteiger partial charge in [-0.15, -0.1) is 0 Å². The highest BCUT2D eigenvalue weighted by Gasteiger charge is 2.15. The lowest BCUT2D eigenvalue weighted by atomic mass is 10.2. The Kier molecular flexibility index (Phi) is 4.53. The number of hydrogen-bond acceptors (Lipinski definition) is 7. The molecule has 0 spiro atoms. The van der Waals surface area contributed by atoms with Crippen molar-refractivity contribution >= 4 is 39.7 Å². The van der Waals surface area contributed by atoms with E-state index < -0.39 is 4.92 Å². The van der Waals surface area contributed by atoms with E-state index in [1.54, 1.807) is 18.2 Å². The number of fused-ring (bicyclic) bond motifs is 1. The predicted molar refractivity (Wildman–Crippen MR) is 94.0 cm³/mol. The van der Waals surface area contributed by atoms with Crippen LogP contribution in [-0.4, -0.2) is 29.1 Å². The van der Waals surface area contributed by atoms with E-state index in [-0.39, 0.29) is 10.7 Å². The molecule has 0 atom stereocenters. The summed E-state index contributed by atoms with van der Waals surface area (Å²) in [7, 11) is 3.07. The van der Waals surface area contributed by atoms with Crippen molar-refractivity contribution in [3.63, 3.8) is 0 Å². The van der Waals surface area contributed by atoms with Gasteiger partial charge in [0.1, 0.15) is 17.2 Å². The first-order valence-corrected chi connectivity index (χ1v) is 7.49. The molecule has 2 aromatic carbocycles. The summed E-state index contributed by atoms with van der Waals surface area (Å²) in [6.45, 7) is 0. The van der Waals surface area contributed by atoms with Gasteiger partial charge in [0, 0.05) is 23.2 Å². The minimum absolute atomic E-state index is 0.0644. The van der Waals surface area contributed by atoms with Gasteiger partial charge in [0.25, 0.3) is 5.69 Å². The van der Waals surface area contributed by atoms with Crippen LogP contribution >= 0.6 is 11.6 Å². The molecular formula is C16H13ClN4O4. The van der Waals surface area contributed by atoms with Gasteiger partial charge in [-0.3, -0.25) is 10.1 Å². The number of halogens is 1. The van der Waals surface area contributed by atoms with Gasteiger partial charge >= 0.3 is 0 Å². The van der Waals surface area contributed by atoms with Crippen LogP contribution in [0.1, 0.15) is 0 Å². The Morgan fingerprint density at radius 3 is 2.52 bits per heavy atom. The van der Waals surface area contributed by atoms with E-state index >= 15 is 0 Å². The van der Waals surface area contributed by atoms with Crippen molar-refractivity contribution in [2.24, 2.45) is 0 Å². The Morgan fingerprint density at radius 2 is 1.84 bits per heavy atom. The SMILES string of the molecule is COc1cc2ncnc(Nc3ccc(Cl)c([N+](=O)[O-])c3)c2cc1OC. The van der Waals surface area contributed by atoms with Gasteiger partial charge in [0.15, 0.2) is 11.5 Å². The first-order valence-electron chi connectivity index (χ1n) is 7.11. The molecule has 25 heavy (non-hydrogen) atoms. The number of ether oxygens (including phenoxy) is 2. The van der Waals surface area contributed by atoms with Gasteiger partial charge in [-0.1, -0.05) is 11.6 Å². The Bertz CT molecular complexity index is 964. The van der Waals surface area contributed by atoms with Crippen LogP contribution in [0.5, 0.6) is 11.5 Å². The van der Waals surface area contributed by atoms with Gasteiger partial charge in [-0.25, -0.2) is 9.97 Å². The Morgan fingerprint density at radius 1 is 1.12 bits per heavy atom. The minimum Gasteiger partial charge on any atom is -0.493 e. The fraction of sp³-hybridized carbons (Fsp3) is 0.125. The number of nitro benzene ring substituents is 1. The van der Waals surface area contributed by atoms with Crippen LogP contribution in [0, 0.1) is 10.1 Å².